The first-order valence-corrected chi connectivity index (χ1v) is 10.8. The monoisotopic (exact) mass is 457 g/mol. The molecule has 1 amide bonds. The summed E-state index contributed by atoms with van der Waals surface area (Å²) in [4.78, 5) is 29.0. The fourth-order valence-electron chi connectivity index (χ4n) is 3.28. The van der Waals surface area contributed by atoms with E-state index in [1.54, 1.807) is 24.3 Å². The molecule has 5 N–H and O–H groups in total. The maximum Gasteiger partial charge on any atom is 0.251 e. The van der Waals surface area contributed by atoms with Crippen molar-refractivity contribution in [1.82, 2.24) is 15.6 Å². The number of nitrogens with one attached hydrogen (secondary N) is 3. The van der Waals surface area contributed by atoms with Crippen molar-refractivity contribution >= 4 is 39.7 Å². The molecule has 166 valence electrons. The Kier molecular flexibility index (Phi) is 6.15. The number of thiazole rings is 1. The van der Waals surface area contributed by atoms with Gasteiger partial charge in [0.15, 0.2) is 5.13 Å². The number of nitrogens with zero attached hydrogens (tertiary/aromatic N) is 1. The molecule has 0 aliphatic carbocycles. The number of carbonyl (C=O) groups is 2. The van der Waals surface area contributed by atoms with E-state index >= 15 is 0 Å². The Labute approximate surface area is 187 Å². The van der Waals surface area contributed by atoms with Crippen molar-refractivity contribution in [2.75, 3.05) is 24.1 Å². The highest BCUT2D eigenvalue weighted by atomic mass is 32.1. The van der Waals surface area contributed by atoms with Gasteiger partial charge in [0.2, 0.25) is 5.78 Å². The van der Waals surface area contributed by atoms with E-state index < -0.39 is 23.0 Å². The number of hydrogen-bond donors (Lipinski definition) is 4. The molecule has 0 spiro atoms. The second-order valence-electron chi connectivity index (χ2n) is 7.54. The second kappa shape index (κ2) is 9.01. The van der Waals surface area contributed by atoms with Crippen LogP contribution in [0, 0.1) is 17.6 Å². The van der Waals surface area contributed by atoms with Crippen LogP contribution in [0.5, 0.6) is 0 Å². The molecule has 4 rings (SSSR count). The van der Waals surface area contributed by atoms with Gasteiger partial charge in [-0.2, -0.15) is 0 Å². The number of aromatic nitrogens is 1. The fraction of sp³-hybridized carbons (Fsp3) is 0.227. The first-order chi connectivity index (χ1) is 15.3. The van der Waals surface area contributed by atoms with Crippen LogP contribution in [0.3, 0.4) is 0 Å². The van der Waals surface area contributed by atoms with Crippen LogP contribution in [0.2, 0.25) is 0 Å². The van der Waals surface area contributed by atoms with E-state index in [1.807, 2.05) is 6.92 Å². The number of nitrogens with two attached hydrogens (primary N) is 1. The molecule has 1 aliphatic heterocycles. The Bertz CT molecular complexity index is 1140. The van der Waals surface area contributed by atoms with Crippen LogP contribution in [0.4, 0.5) is 25.4 Å². The van der Waals surface area contributed by atoms with Gasteiger partial charge in [-0.3, -0.25) is 9.59 Å². The van der Waals surface area contributed by atoms with Crippen LogP contribution in [0.1, 0.15) is 32.5 Å². The highest BCUT2D eigenvalue weighted by Crippen LogP contribution is 2.31. The molecule has 0 saturated carbocycles. The molecule has 1 saturated heterocycles. The molecule has 10 heteroatoms. The SMILES string of the molecule is CC(NC(=O)c1ccc(Nc2nc(N)c(C(=O)c3c(F)cccc3F)s2)cc1)C1CNC1. The second-order valence-corrected chi connectivity index (χ2v) is 8.54. The Morgan fingerprint density at radius 3 is 2.41 bits per heavy atom. The molecular formula is C22H21F2N5O2S. The van der Waals surface area contributed by atoms with Gasteiger partial charge in [0.05, 0.1) is 5.56 Å². The number of carbonyl (C=O) groups excluding carboxylic acids is 2. The lowest BCUT2D eigenvalue weighted by atomic mass is 9.95. The Morgan fingerprint density at radius 1 is 1.16 bits per heavy atom. The number of amides is 1. The van der Waals surface area contributed by atoms with Crippen LogP contribution in [0.15, 0.2) is 42.5 Å². The van der Waals surface area contributed by atoms with Gasteiger partial charge in [0, 0.05) is 36.3 Å². The quantitative estimate of drug-likeness (QED) is 0.406. The molecule has 1 atom stereocenters. The van der Waals surface area contributed by atoms with E-state index in [2.05, 4.69) is 20.9 Å². The summed E-state index contributed by atoms with van der Waals surface area (Å²) < 4.78 is 27.9. The predicted octanol–water partition coefficient (Wildman–Crippen LogP) is 3.32. The number of anilines is 3. The predicted molar refractivity (Wildman–Crippen MR) is 119 cm³/mol. The maximum absolute atomic E-state index is 14.0. The van der Waals surface area contributed by atoms with Crippen molar-refractivity contribution in [1.29, 1.82) is 0 Å². The first kappa shape index (κ1) is 21.8. The molecule has 0 radical (unpaired) electrons. The molecule has 1 aliphatic rings. The summed E-state index contributed by atoms with van der Waals surface area (Å²) in [5.41, 5.74) is 6.28. The zero-order chi connectivity index (χ0) is 22.8. The van der Waals surface area contributed by atoms with Crippen LogP contribution >= 0.6 is 11.3 Å². The van der Waals surface area contributed by atoms with Crippen molar-refractivity contribution in [3.05, 3.63) is 70.1 Å². The molecular weight excluding hydrogens is 436 g/mol. The normalized spacial score (nSPS) is 14.5. The van der Waals surface area contributed by atoms with Gasteiger partial charge in [0.1, 0.15) is 22.3 Å². The Balaban J connectivity index is 1.45. The number of halogens is 2. The lowest BCUT2D eigenvalue weighted by Crippen LogP contribution is -2.53. The lowest BCUT2D eigenvalue weighted by Gasteiger charge is -2.33. The van der Waals surface area contributed by atoms with Gasteiger partial charge in [-0.25, -0.2) is 13.8 Å². The smallest absolute Gasteiger partial charge is 0.251 e. The lowest BCUT2D eigenvalue weighted by molar-refractivity contribution is 0.0915. The molecule has 2 heterocycles. The highest BCUT2D eigenvalue weighted by Gasteiger charge is 2.25. The van der Waals surface area contributed by atoms with E-state index in [0.717, 1.165) is 36.6 Å². The number of hydrogen-bond acceptors (Lipinski definition) is 7. The number of ketones is 1. The summed E-state index contributed by atoms with van der Waals surface area (Å²) in [5.74, 6) is -2.64. The maximum atomic E-state index is 14.0. The van der Waals surface area contributed by atoms with Crippen molar-refractivity contribution < 1.29 is 18.4 Å². The Hall–Kier alpha value is -3.37. The summed E-state index contributed by atoms with van der Waals surface area (Å²) in [6.07, 6.45) is 0. The Morgan fingerprint density at radius 2 is 1.81 bits per heavy atom. The van der Waals surface area contributed by atoms with Crippen LogP contribution < -0.4 is 21.7 Å². The van der Waals surface area contributed by atoms with E-state index in [9.17, 15) is 18.4 Å². The van der Waals surface area contributed by atoms with Crippen molar-refractivity contribution in [3.8, 4) is 0 Å². The largest absolute Gasteiger partial charge is 0.382 e. The molecule has 32 heavy (non-hydrogen) atoms. The van der Waals surface area contributed by atoms with E-state index in [0.29, 0.717) is 17.2 Å². The minimum absolute atomic E-state index is 0.0630. The van der Waals surface area contributed by atoms with Crippen molar-refractivity contribution in [2.24, 2.45) is 5.92 Å². The molecule has 7 nitrogen and oxygen atoms in total. The van der Waals surface area contributed by atoms with Crippen LogP contribution in [-0.2, 0) is 0 Å². The standard InChI is InChI=1S/C22H21F2N5O2S/c1-11(13-9-26-10-13)27-21(31)12-5-7-14(8-6-12)28-22-29-20(25)19(32-22)18(30)17-15(23)3-2-4-16(17)24/h2-8,11,13,26H,9-10,25H2,1H3,(H,27,31)(H,28,29). The average Bonchev–Trinajstić information content (AvgIpc) is 3.07. The van der Waals surface area contributed by atoms with E-state index in [1.165, 1.54) is 6.07 Å². The summed E-state index contributed by atoms with van der Waals surface area (Å²) >= 11 is 0.890. The van der Waals surface area contributed by atoms with Crippen LogP contribution in [-0.4, -0.2) is 35.8 Å². The van der Waals surface area contributed by atoms with Gasteiger partial charge < -0.3 is 21.7 Å². The van der Waals surface area contributed by atoms with Gasteiger partial charge >= 0.3 is 0 Å². The number of nitrogen functional groups attached to an aromatic ring is 1. The summed E-state index contributed by atoms with van der Waals surface area (Å²) in [6.45, 7) is 3.78. The summed E-state index contributed by atoms with van der Waals surface area (Å²) in [5, 5.41) is 9.45. The van der Waals surface area contributed by atoms with E-state index in [-0.39, 0.29) is 27.8 Å². The highest BCUT2D eigenvalue weighted by molar-refractivity contribution is 7.18. The van der Waals surface area contributed by atoms with Gasteiger partial charge in [0.25, 0.3) is 5.91 Å². The third-order valence-corrected chi connectivity index (χ3v) is 6.31. The van der Waals surface area contributed by atoms with E-state index in [4.69, 9.17) is 5.73 Å². The number of rotatable bonds is 7. The summed E-state index contributed by atoms with van der Waals surface area (Å²) in [6, 6.07) is 10.0. The molecule has 1 unspecified atom stereocenters. The fourth-order valence-corrected chi connectivity index (χ4v) is 4.13. The molecule has 3 aromatic rings. The molecule has 2 aromatic carbocycles. The first-order valence-electron chi connectivity index (χ1n) is 9.97. The third kappa shape index (κ3) is 4.46. The van der Waals surface area contributed by atoms with Gasteiger partial charge in [-0.05, 0) is 43.3 Å². The molecule has 0 bridgehead atoms. The molecule has 1 fully saturated rings. The van der Waals surface area contributed by atoms with Crippen LogP contribution in [0.25, 0.3) is 0 Å². The average molecular weight is 458 g/mol. The third-order valence-electron chi connectivity index (χ3n) is 5.33. The minimum Gasteiger partial charge on any atom is -0.382 e. The zero-order valence-electron chi connectivity index (χ0n) is 17.1. The van der Waals surface area contributed by atoms with Crippen molar-refractivity contribution in [3.63, 3.8) is 0 Å². The zero-order valence-corrected chi connectivity index (χ0v) is 17.9. The van der Waals surface area contributed by atoms with Gasteiger partial charge in [-0.15, -0.1) is 0 Å². The summed E-state index contributed by atoms with van der Waals surface area (Å²) in [7, 11) is 0. The van der Waals surface area contributed by atoms with Crippen molar-refractivity contribution in [2.45, 2.75) is 13.0 Å². The topological polar surface area (TPSA) is 109 Å². The number of benzene rings is 2. The minimum atomic E-state index is -0.964. The van der Waals surface area contributed by atoms with Gasteiger partial charge in [-0.1, -0.05) is 17.4 Å². The molecule has 1 aromatic heterocycles.